The van der Waals surface area contributed by atoms with E-state index in [1.807, 2.05) is 38.4 Å². The van der Waals surface area contributed by atoms with Gasteiger partial charge in [0.1, 0.15) is 0 Å². The van der Waals surface area contributed by atoms with E-state index in [0.717, 1.165) is 35.2 Å². The highest BCUT2D eigenvalue weighted by Crippen LogP contribution is 2.35. The number of aryl methyl sites for hydroxylation is 1. The number of hydrogen-bond donors (Lipinski definition) is 0. The standard InChI is InChI=1S/C21H23NO3/c1-22(2)17-9-5-14(6-10-17)11-16-8-7-15-12-19(24-3)20(25-4)13-18(15)21(16)23/h5-6,9-13H,7-8H2,1-4H3/b16-11+. The van der Waals surface area contributed by atoms with Gasteiger partial charge in [-0.2, -0.15) is 0 Å². The molecule has 0 aliphatic heterocycles. The smallest absolute Gasteiger partial charge is 0.189 e. The van der Waals surface area contributed by atoms with Crippen molar-refractivity contribution in [1.29, 1.82) is 0 Å². The lowest BCUT2D eigenvalue weighted by Gasteiger charge is -2.20. The third-order valence-electron chi connectivity index (χ3n) is 4.56. The molecule has 0 heterocycles. The number of Topliss-reactive ketones (excluding diaryl/α,β-unsaturated/α-hetero) is 1. The Morgan fingerprint density at radius 3 is 2.20 bits per heavy atom. The maximum atomic E-state index is 12.9. The van der Waals surface area contributed by atoms with Crippen molar-refractivity contribution in [2.45, 2.75) is 12.8 Å². The summed E-state index contributed by atoms with van der Waals surface area (Å²) in [5, 5.41) is 0. The van der Waals surface area contributed by atoms with E-state index in [-0.39, 0.29) is 5.78 Å². The van der Waals surface area contributed by atoms with Gasteiger partial charge < -0.3 is 14.4 Å². The van der Waals surface area contributed by atoms with Crippen LogP contribution in [0, 0.1) is 0 Å². The summed E-state index contributed by atoms with van der Waals surface area (Å²) in [4.78, 5) is 14.9. The molecule has 4 heteroatoms. The van der Waals surface area contributed by atoms with Crippen molar-refractivity contribution in [3.05, 3.63) is 58.7 Å². The van der Waals surface area contributed by atoms with Crippen LogP contribution < -0.4 is 14.4 Å². The van der Waals surface area contributed by atoms with Crippen molar-refractivity contribution in [2.24, 2.45) is 0 Å². The first-order chi connectivity index (χ1) is 12.0. The number of nitrogens with zero attached hydrogens (tertiary/aromatic N) is 1. The van der Waals surface area contributed by atoms with Crippen molar-refractivity contribution in [1.82, 2.24) is 0 Å². The topological polar surface area (TPSA) is 38.8 Å². The quantitative estimate of drug-likeness (QED) is 0.791. The first-order valence-electron chi connectivity index (χ1n) is 8.31. The van der Waals surface area contributed by atoms with Gasteiger partial charge in [-0.25, -0.2) is 0 Å². The summed E-state index contributed by atoms with van der Waals surface area (Å²) in [6, 6.07) is 11.9. The Hall–Kier alpha value is -2.75. The van der Waals surface area contributed by atoms with Crippen LogP contribution in [0.2, 0.25) is 0 Å². The summed E-state index contributed by atoms with van der Waals surface area (Å²) >= 11 is 0. The monoisotopic (exact) mass is 337 g/mol. The molecule has 0 bridgehead atoms. The molecule has 3 rings (SSSR count). The molecule has 0 N–H and O–H groups in total. The second-order valence-corrected chi connectivity index (χ2v) is 6.35. The maximum Gasteiger partial charge on any atom is 0.189 e. The van der Waals surface area contributed by atoms with Crippen LogP contribution in [0.3, 0.4) is 0 Å². The summed E-state index contributed by atoms with van der Waals surface area (Å²) in [5.41, 5.74) is 4.73. The van der Waals surface area contributed by atoms with Crippen LogP contribution in [0.15, 0.2) is 42.0 Å². The van der Waals surface area contributed by atoms with E-state index in [2.05, 4.69) is 17.0 Å². The van der Waals surface area contributed by atoms with Crippen molar-refractivity contribution in [3.8, 4) is 11.5 Å². The number of anilines is 1. The van der Waals surface area contributed by atoms with Gasteiger partial charge in [0.15, 0.2) is 17.3 Å². The minimum Gasteiger partial charge on any atom is -0.493 e. The number of hydrogen-bond acceptors (Lipinski definition) is 4. The van der Waals surface area contributed by atoms with Crippen LogP contribution in [0.1, 0.15) is 27.9 Å². The fraction of sp³-hybridized carbons (Fsp3) is 0.286. The number of allylic oxidation sites excluding steroid dienone is 1. The van der Waals surface area contributed by atoms with Crippen molar-refractivity contribution < 1.29 is 14.3 Å². The molecule has 0 unspecified atom stereocenters. The summed E-state index contributed by atoms with van der Waals surface area (Å²) < 4.78 is 10.7. The molecular formula is C21H23NO3. The van der Waals surface area contributed by atoms with Crippen LogP contribution in [0.25, 0.3) is 6.08 Å². The summed E-state index contributed by atoms with van der Waals surface area (Å²) in [5.74, 6) is 1.32. The fourth-order valence-electron chi connectivity index (χ4n) is 3.10. The molecule has 0 aromatic heterocycles. The van der Waals surface area contributed by atoms with Gasteiger partial charge in [-0.3, -0.25) is 4.79 Å². The van der Waals surface area contributed by atoms with Crippen LogP contribution in [-0.4, -0.2) is 34.1 Å². The lowest BCUT2D eigenvalue weighted by Crippen LogP contribution is -2.14. The molecule has 4 nitrogen and oxygen atoms in total. The molecule has 0 spiro atoms. The number of carbonyl (C=O) groups excluding carboxylic acids is 1. The number of methoxy groups -OCH3 is 2. The molecule has 1 aliphatic rings. The van der Waals surface area contributed by atoms with Gasteiger partial charge in [-0.1, -0.05) is 12.1 Å². The SMILES string of the molecule is COc1cc2c(cc1OC)C(=O)/C(=C/c1ccc(N(C)C)cc1)CC2. The van der Waals surface area contributed by atoms with E-state index >= 15 is 0 Å². The highest BCUT2D eigenvalue weighted by Gasteiger charge is 2.24. The van der Waals surface area contributed by atoms with E-state index in [9.17, 15) is 4.79 Å². The highest BCUT2D eigenvalue weighted by atomic mass is 16.5. The van der Waals surface area contributed by atoms with Gasteiger partial charge >= 0.3 is 0 Å². The molecular weight excluding hydrogens is 314 g/mol. The molecule has 2 aromatic carbocycles. The minimum atomic E-state index is 0.0684. The molecule has 25 heavy (non-hydrogen) atoms. The third kappa shape index (κ3) is 3.38. The molecule has 0 saturated heterocycles. The predicted octanol–water partition coefficient (Wildman–Crippen LogP) is 3.98. The van der Waals surface area contributed by atoms with E-state index in [1.54, 1.807) is 20.3 Å². The normalized spacial score (nSPS) is 15.0. The Morgan fingerprint density at radius 2 is 1.60 bits per heavy atom. The van der Waals surface area contributed by atoms with Crippen LogP contribution in [0.4, 0.5) is 5.69 Å². The van der Waals surface area contributed by atoms with Gasteiger partial charge in [0.05, 0.1) is 14.2 Å². The first-order valence-corrected chi connectivity index (χ1v) is 8.31. The Kier molecular flexibility index (Phi) is 4.79. The van der Waals surface area contributed by atoms with Gasteiger partial charge in [0, 0.05) is 30.9 Å². The van der Waals surface area contributed by atoms with E-state index in [1.165, 1.54) is 0 Å². The fourth-order valence-corrected chi connectivity index (χ4v) is 3.10. The second-order valence-electron chi connectivity index (χ2n) is 6.35. The van der Waals surface area contributed by atoms with E-state index in [0.29, 0.717) is 17.1 Å². The lowest BCUT2D eigenvalue weighted by atomic mass is 9.85. The molecule has 130 valence electrons. The van der Waals surface area contributed by atoms with Crippen molar-refractivity contribution in [3.63, 3.8) is 0 Å². The Bertz CT molecular complexity index is 820. The predicted molar refractivity (Wildman–Crippen MR) is 101 cm³/mol. The molecule has 0 atom stereocenters. The van der Waals surface area contributed by atoms with Gasteiger partial charge in [-0.05, 0) is 54.3 Å². The van der Waals surface area contributed by atoms with Gasteiger partial charge in [0.25, 0.3) is 0 Å². The molecule has 2 aromatic rings. The summed E-state index contributed by atoms with van der Waals surface area (Å²) in [6.07, 6.45) is 3.54. The Balaban J connectivity index is 1.93. The molecule has 0 saturated carbocycles. The van der Waals surface area contributed by atoms with Crippen molar-refractivity contribution in [2.75, 3.05) is 33.2 Å². The first kappa shape index (κ1) is 17.1. The summed E-state index contributed by atoms with van der Waals surface area (Å²) in [6.45, 7) is 0. The third-order valence-corrected chi connectivity index (χ3v) is 4.56. The maximum absolute atomic E-state index is 12.9. The Morgan fingerprint density at radius 1 is 0.960 bits per heavy atom. The Labute approximate surface area is 148 Å². The minimum absolute atomic E-state index is 0.0684. The van der Waals surface area contributed by atoms with Crippen LogP contribution in [-0.2, 0) is 6.42 Å². The zero-order valence-corrected chi connectivity index (χ0v) is 15.1. The van der Waals surface area contributed by atoms with E-state index < -0.39 is 0 Å². The van der Waals surface area contributed by atoms with Crippen LogP contribution in [0.5, 0.6) is 11.5 Å². The second kappa shape index (κ2) is 7.01. The number of ether oxygens (including phenoxy) is 2. The van der Waals surface area contributed by atoms with Gasteiger partial charge in [-0.15, -0.1) is 0 Å². The summed E-state index contributed by atoms with van der Waals surface area (Å²) in [7, 11) is 7.21. The number of rotatable bonds is 4. The average Bonchev–Trinajstić information content (AvgIpc) is 2.63. The number of carbonyl (C=O) groups is 1. The lowest BCUT2D eigenvalue weighted by molar-refractivity contribution is 0.102. The molecule has 1 aliphatic carbocycles. The highest BCUT2D eigenvalue weighted by molar-refractivity contribution is 6.13. The van der Waals surface area contributed by atoms with Crippen molar-refractivity contribution >= 4 is 17.5 Å². The molecule has 0 amide bonds. The largest absolute Gasteiger partial charge is 0.493 e. The van der Waals surface area contributed by atoms with Gasteiger partial charge in [0.2, 0.25) is 0 Å². The van der Waals surface area contributed by atoms with E-state index in [4.69, 9.17) is 9.47 Å². The van der Waals surface area contributed by atoms with Crippen LogP contribution >= 0.6 is 0 Å². The average molecular weight is 337 g/mol. The number of ketones is 1. The zero-order valence-electron chi connectivity index (χ0n) is 15.1. The number of benzene rings is 2. The molecule has 0 radical (unpaired) electrons. The zero-order chi connectivity index (χ0) is 18.0. The number of fused-ring (bicyclic) bond motifs is 1. The molecule has 0 fully saturated rings.